The van der Waals surface area contributed by atoms with Crippen molar-refractivity contribution in [2.45, 2.75) is 0 Å². The van der Waals surface area contributed by atoms with Crippen LogP contribution in [0.1, 0.15) is 33.4 Å². The van der Waals surface area contributed by atoms with Gasteiger partial charge in [0.2, 0.25) is 0 Å². The molecule has 266 valence electrons. The van der Waals surface area contributed by atoms with Gasteiger partial charge in [0.25, 0.3) is 0 Å². The van der Waals surface area contributed by atoms with Crippen LogP contribution >= 0.6 is 14.3 Å². The van der Waals surface area contributed by atoms with Gasteiger partial charge in [-0.3, -0.25) is 0 Å². The Labute approximate surface area is 327 Å². The highest BCUT2D eigenvalue weighted by Crippen LogP contribution is 2.52. The van der Waals surface area contributed by atoms with Crippen molar-refractivity contribution >= 4 is 69.4 Å². The molecule has 8 aromatic carbocycles. The van der Waals surface area contributed by atoms with Gasteiger partial charge in [-0.25, -0.2) is 0 Å². The van der Waals surface area contributed by atoms with Gasteiger partial charge in [0.05, 0.1) is 0 Å². The van der Waals surface area contributed by atoms with E-state index in [0.29, 0.717) is 0 Å². The van der Waals surface area contributed by atoms with Crippen LogP contribution in [0.15, 0.2) is 206 Å². The lowest BCUT2D eigenvalue weighted by Gasteiger charge is -2.24. The Balaban J connectivity index is 1.31. The topological polar surface area (TPSA) is 34.1 Å². The number of rotatable bonds is 6. The van der Waals surface area contributed by atoms with Gasteiger partial charge in [-0.2, -0.15) is 0 Å². The minimum Gasteiger partial charge on any atom is -0.309 e. The summed E-state index contributed by atoms with van der Waals surface area (Å²) >= 11 is 0. The Morgan fingerprint density at radius 1 is 0.250 bits per heavy atom. The largest absolute Gasteiger partial charge is 0.309 e. The molecule has 10 rings (SSSR count). The molecule has 2 aliphatic rings. The number of hydrogen-bond acceptors (Lipinski definition) is 2. The Kier molecular flexibility index (Phi) is 8.41. The van der Waals surface area contributed by atoms with E-state index < -0.39 is 14.3 Å². The molecular formula is C52H36O2P2. The highest BCUT2D eigenvalue weighted by molar-refractivity contribution is 7.85. The van der Waals surface area contributed by atoms with Crippen LogP contribution in [0.5, 0.6) is 0 Å². The van der Waals surface area contributed by atoms with E-state index in [0.717, 1.165) is 76.4 Å². The molecule has 56 heavy (non-hydrogen) atoms. The zero-order valence-corrected chi connectivity index (χ0v) is 32.3. The molecular weight excluding hydrogens is 719 g/mol. The summed E-state index contributed by atoms with van der Waals surface area (Å²) in [6, 6.07) is 69.3. The van der Waals surface area contributed by atoms with Crippen LogP contribution in [-0.4, -0.2) is 0 Å². The van der Waals surface area contributed by atoms with E-state index in [1.54, 1.807) is 0 Å². The van der Waals surface area contributed by atoms with Gasteiger partial charge in [0.1, 0.15) is 0 Å². The fourth-order valence-electron chi connectivity index (χ4n) is 8.53. The van der Waals surface area contributed by atoms with Crippen LogP contribution in [0.25, 0.3) is 34.4 Å². The predicted molar refractivity (Wildman–Crippen MR) is 237 cm³/mol. The molecule has 0 saturated carbocycles. The molecule has 0 radical (unpaired) electrons. The van der Waals surface area contributed by atoms with Gasteiger partial charge < -0.3 is 9.13 Å². The second kappa shape index (κ2) is 13.8. The number of hydrogen-bond donors (Lipinski definition) is 0. The third-order valence-electron chi connectivity index (χ3n) is 11.2. The van der Waals surface area contributed by atoms with Crippen LogP contribution in [0.3, 0.4) is 0 Å². The molecule has 0 N–H and O–H groups in total. The second-order valence-corrected chi connectivity index (χ2v) is 19.8. The lowest BCUT2D eigenvalue weighted by molar-refractivity contribution is 0.591. The first-order valence-electron chi connectivity index (χ1n) is 18.9. The summed E-state index contributed by atoms with van der Waals surface area (Å²) in [5.74, 6) is 0. The van der Waals surface area contributed by atoms with Gasteiger partial charge in [-0.1, -0.05) is 206 Å². The SMILES string of the molecule is O=P(c1ccccc1)(c1ccccc1)c1ccc2c(c1)C(=C1c3ccccc3-c3ccccc31)c1cc(P(=O)(c3ccccc3)c3ccccc3)ccc1C=C2. The molecule has 0 saturated heterocycles. The monoisotopic (exact) mass is 754 g/mol. The highest BCUT2D eigenvalue weighted by Gasteiger charge is 2.35. The highest BCUT2D eigenvalue weighted by atomic mass is 31.2. The number of fused-ring (bicyclic) bond motifs is 5. The molecule has 0 heterocycles. The van der Waals surface area contributed by atoms with Crippen molar-refractivity contribution in [3.8, 4) is 11.1 Å². The molecule has 0 spiro atoms. The standard InChI is InChI=1S/C52H36O2P2/c53-55(39-17-5-1-6-18-39,40-19-7-2-8-20-40)43-33-31-37-29-30-38-32-34-44(56(54,41-21-9-3-10-22-41)42-23-11-4-12-24-42)36-50(38)52(49(37)35-43)51-47-27-15-13-25-45(47)46-26-14-16-28-48(46)51/h1-36H. The summed E-state index contributed by atoms with van der Waals surface area (Å²) in [6.45, 7) is 0. The van der Waals surface area contributed by atoms with Crippen molar-refractivity contribution < 1.29 is 9.13 Å². The van der Waals surface area contributed by atoms with Gasteiger partial charge in [0, 0.05) is 31.8 Å². The quantitative estimate of drug-likeness (QED) is 0.159. The van der Waals surface area contributed by atoms with E-state index in [2.05, 4.69) is 84.9 Å². The third-order valence-corrected chi connectivity index (χ3v) is 17.3. The lowest BCUT2D eigenvalue weighted by atomic mass is 9.86. The Bertz CT molecular complexity index is 2660. The molecule has 8 aromatic rings. The molecule has 0 fully saturated rings. The first-order valence-corrected chi connectivity index (χ1v) is 22.3. The molecule has 0 bridgehead atoms. The van der Waals surface area contributed by atoms with Crippen molar-refractivity contribution in [1.29, 1.82) is 0 Å². The summed E-state index contributed by atoms with van der Waals surface area (Å²) in [5.41, 5.74) is 10.8. The molecule has 4 heteroatoms. The van der Waals surface area contributed by atoms with E-state index >= 15 is 9.13 Å². The fraction of sp³-hybridized carbons (Fsp3) is 0. The molecule has 0 amide bonds. The minimum absolute atomic E-state index is 0.763. The summed E-state index contributed by atoms with van der Waals surface area (Å²) in [7, 11) is -6.64. The van der Waals surface area contributed by atoms with Crippen LogP contribution in [0.4, 0.5) is 0 Å². The normalized spacial score (nSPS) is 13.0. The summed E-state index contributed by atoms with van der Waals surface area (Å²) in [5, 5.41) is 4.67. The third kappa shape index (κ3) is 5.41. The average molecular weight is 755 g/mol. The zero-order chi connectivity index (χ0) is 37.7. The molecule has 0 atom stereocenters. The fourth-order valence-corrected chi connectivity index (χ4v) is 13.9. The van der Waals surface area contributed by atoms with Crippen molar-refractivity contribution in [1.82, 2.24) is 0 Å². The van der Waals surface area contributed by atoms with E-state index in [1.807, 2.05) is 133 Å². The first-order chi connectivity index (χ1) is 27.5. The lowest BCUT2D eigenvalue weighted by Crippen LogP contribution is -2.26. The Morgan fingerprint density at radius 2 is 0.536 bits per heavy atom. The van der Waals surface area contributed by atoms with Crippen molar-refractivity contribution in [3.63, 3.8) is 0 Å². The number of benzene rings is 8. The van der Waals surface area contributed by atoms with Crippen LogP contribution < -0.4 is 31.8 Å². The van der Waals surface area contributed by atoms with Gasteiger partial charge in [0.15, 0.2) is 14.3 Å². The smallest absolute Gasteiger partial charge is 0.171 e. The first kappa shape index (κ1) is 34.2. The maximum atomic E-state index is 15.9. The molecule has 0 unspecified atom stereocenters. The zero-order valence-electron chi connectivity index (χ0n) is 30.5. The second-order valence-electron chi connectivity index (χ2n) is 14.3. The summed E-state index contributed by atoms with van der Waals surface area (Å²) < 4.78 is 31.8. The van der Waals surface area contributed by atoms with Crippen LogP contribution in [-0.2, 0) is 9.13 Å². The molecule has 0 aliphatic heterocycles. The van der Waals surface area contributed by atoms with Gasteiger partial charge in [-0.15, -0.1) is 0 Å². The van der Waals surface area contributed by atoms with E-state index in [9.17, 15) is 0 Å². The van der Waals surface area contributed by atoms with Crippen LogP contribution in [0.2, 0.25) is 0 Å². The molecule has 2 nitrogen and oxygen atoms in total. The van der Waals surface area contributed by atoms with E-state index in [4.69, 9.17) is 0 Å². The minimum atomic E-state index is -3.32. The maximum absolute atomic E-state index is 15.9. The van der Waals surface area contributed by atoms with Gasteiger partial charge >= 0.3 is 0 Å². The van der Waals surface area contributed by atoms with E-state index in [1.165, 1.54) is 11.1 Å². The summed E-state index contributed by atoms with van der Waals surface area (Å²) in [6.07, 6.45) is 4.34. The average Bonchev–Trinajstić information content (AvgIpc) is 3.51. The summed E-state index contributed by atoms with van der Waals surface area (Å²) in [4.78, 5) is 0. The Morgan fingerprint density at radius 3 is 0.875 bits per heavy atom. The van der Waals surface area contributed by atoms with Crippen molar-refractivity contribution in [3.05, 3.63) is 240 Å². The van der Waals surface area contributed by atoms with Crippen molar-refractivity contribution in [2.75, 3.05) is 0 Å². The van der Waals surface area contributed by atoms with E-state index in [-0.39, 0.29) is 0 Å². The van der Waals surface area contributed by atoms with Crippen molar-refractivity contribution in [2.24, 2.45) is 0 Å². The Hall–Kier alpha value is -6.30. The maximum Gasteiger partial charge on any atom is 0.171 e. The predicted octanol–water partition coefficient (Wildman–Crippen LogP) is 10.4. The molecule has 0 aromatic heterocycles. The molecule has 2 aliphatic carbocycles. The van der Waals surface area contributed by atoms with Gasteiger partial charge in [-0.05, 0) is 67.8 Å². The van der Waals surface area contributed by atoms with Crippen LogP contribution in [0, 0.1) is 0 Å².